The number of hydrogen-bond acceptors (Lipinski definition) is 2. The fraction of sp³-hybridized carbons (Fsp3) is 0.917. The van der Waals surface area contributed by atoms with E-state index < -0.39 is 5.54 Å². The Morgan fingerprint density at radius 3 is 1.93 bits per heavy atom. The zero-order valence-corrected chi connectivity index (χ0v) is 11.2. The molecule has 0 saturated carbocycles. The van der Waals surface area contributed by atoms with Gasteiger partial charge in [0.2, 0.25) is 5.91 Å². The molecular formula is C12H26N2O. The second kappa shape index (κ2) is 4.52. The Morgan fingerprint density at radius 2 is 1.67 bits per heavy atom. The molecule has 1 amide bonds. The number of nitrogens with two attached hydrogens (primary N) is 1. The lowest BCUT2D eigenvalue weighted by atomic mass is 9.86. The topological polar surface area (TPSA) is 46.3 Å². The highest BCUT2D eigenvalue weighted by Crippen LogP contribution is 2.24. The van der Waals surface area contributed by atoms with E-state index in [4.69, 9.17) is 5.73 Å². The lowest BCUT2D eigenvalue weighted by Gasteiger charge is -2.36. The number of amides is 1. The first-order valence-corrected chi connectivity index (χ1v) is 5.49. The van der Waals surface area contributed by atoms with Crippen LogP contribution in [0.25, 0.3) is 0 Å². The zero-order chi connectivity index (χ0) is 12.4. The molecule has 0 saturated heterocycles. The van der Waals surface area contributed by atoms with E-state index in [-0.39, 0.29) is 17.4 Å². The van der Waals surface area contributed by atoms with Crippen LogP contribution < -0.4 is 5.73 Å². The van der Waals surface area contributed by atoms with Gasteiger partial charge in [-0.3, -0.25) is 4.79 Å². The summed E-state index contributed by atoms with van der Waals surface area (Å²) >= 11 is 0. The molecule has 0 bridgehead atoms. The monoisotopic (exact) mass is 214 g/mol. The highest BCUT2D eigenvalue weighted by molar-refractivity contribution is 5.77. The molecule has 90 valence electrons. The van der Waals surface area contributed by atoms with E-state index in [1.807, 2.05) is 20.9 Å². The Balaban J connectivity index is 4.46. The third kappa shape index (κ3) is 5.17. The molecule has 2 N–H and O–H groups in total. The van der Waals surface area contributed by atoms with Gasteiger partial charge in [-0.15, -0.1) is 0 Å². The van der Waals surface area contributed by atoms with E-state index in [1.165, 1.54) is 0 Å². The number of carbonyl (C=O) groups excluding carboxylic acids is 1. The van der Waals surface area contributed by atoms with Crippen molar-refractivity contribution in [1.82, 2.24) is 4.90 Å². The van der Waals surface area contributed by atoms with Crippen LogP contribution in [0.2, 0.25) is 0 Å². The quantitative estimate of drug-likeness (QED) is 0.781. The molecule has 0 aliphatic heterocycles. The predicted molar refractivity (Wildman–Crippen MR) is 64.6 cm³/mol. The number of rotatable bonds is 3. The van der Waals surface area contributed by atoms with Crippen molar-refractivity contribution in [3.63, 3.8) is 0 Å². The van der Waals surface area contributed by atoms with Gasteiger partial charge in [-0.1, -0.05) is 20.8 Å². The van der Waals surface area contributed by atoms with Crippen molar-refractivity contribution >= 4 is 5.91 Å². The second-order valence-corrected chi connectivity index (χ2v) is 6.21. The summed E-state index contributed by atoms with van der Waals surface area (Å²) in [4.78, 5) is 13.7. The maximum absolute atomic E-state index is 11.9. The molecule has 0 aliphatic rings. The molecule has 3 heteroatoms. The summed E-state index contributed by atoms with van der Waals surface area (Å²) < 4.78 is 0. The number of nitrogens with zero attached hydrogens (tertiary/aromatic N) is 1. The summed E-state index contributed by atoms with van der Waals surface area (Å²) in [5.41, 5.74) is 5.51. The molecule has 0 aromatic carbocycles. The normalized spacial score (nSPS) is 14.9. The molecule has 0 spiro atoms. The van der Waals surface area contributed by atoms with E-state index >= 15 is 0 Å². The number of hydrogen-bond donors (Lipinski definition) is 1. The van der Waals surface area contributed by atoms with Gasteiger partial charge in [-0.05, 0) is 26.2 Å². The van der Waals surface area contributed by atoms with Crippen LogP contribution in [0.5, 0.6) is 0 Å². The summed E-state index contributed by atoms with van der Waals surface area (Å²) in [5.74, 6) is 0.116. The second-order valence-electron chi connectivity index (χ2n) is 6.21. The van der Waals surface area contributed by atoms with Gasteiger partial charge in [-0.2, -0.15) is 0 Å². The zero-order valence-electron chi connectivity index (χ0n) is 11.2. The van der Waals surface area contributed by atoms with Gasteiger partial charge in [0.05, 0.1) is 0 Å². The largest absolute Gasteiger partial charge is 0.342 e. The van der Waals surface area contributed by atoms with Gasteiger partial charge in [0.15, 0.2) is 0 Å². The summed E-state index contributed by atoms with van der Waals surface area (Å²) in [6, 6.07) is 0.215. The number of carbonyl (C=O) groups is 1. The van der Waals surface area contributed by atoms with Gasteiger partial charge in [-0.25, -0.2) is 0 Å². The third-order valence-electron chi connectivity index (χ3n) is 2.83. The van der Waals surface area contributed by atoms with Crippen molar-refractivity contribution in [1.29, 1.82) is 0 Å². The minimum atomic E-state index is -0.428. The Labute approximate surface area is 94.0 Å². The van der Waals surface area contributed by atoms with Crippen LogP contribution in [0.4, 0.5) is 0 Å². The van der Waals surface area contributed by atoms with Crippen molar-refractivity contribution in [3.8, 4) is 0 Å². The summed E-state index contributed by atoms with van der Waals surface area (Å²) in [7, 11) is 1.85. The molecule has 0 radical (unpaired) electrons. The summed E-state index contributed by atoms with van der Waals surface area (Å²) in [5, 5.41) is 0. The Bertz CT molecular complexity index is 223. The molecular weight excluding hydrogens is 188 g/mol. The molecule has 0 aromatic rings. The van der Waals surface area contributed by atoms with E-state index in [0.29, 0.717) is 6.42 Å². The fourth-order valence-corrected chi connectivity index (χ4v) is 1.31. The highest BCUT2D eigenvalue weighted by atomic mass is 16.2. The van der Waals surface area contributed by atoms with Crippen LogP contribution in [0.15, 0.2) is 0 Å². The van der Waals surface area contributed by atoms with Crippen molar-refractivity contribution in [2.45, 2.75) is 59.5 Å². The maximum atomic E-state index is 11.9. The van der Waals surface area contributed by atoms with E-state index in [2.05, 4.69) is 27.7 Å². The first-order valence-electron chi connectivity index (χ1n) is 5.49. The lowest BCUT2D eigenvalue weighted by Crippen LogP contribution is -2.46. The molecule has 3 nitrogen and oxygen atoms in total. The summed E-state index contributed by atoms with van der Waals surface area (Å²) in [6.45, 7) is 12.2. The van der Waals surface area contributed by atoms with Crippen LogP contribution in [-0.4, -0.2) is 29.4 Å². The average Bonchev–Trinajstić information content (AvgIpc) is 1.96. The first-order chi connectivity index (χ1) is 6.45. The van der Waals surface area contributed by atoms with Crippen LogP contribution in [0.3, 0.4) is 0 Å². The van der Waals surface area contributed by atoms with Crippen molar-refractivity contribution in [2.24, 2.45) is 11.1 Å². The summed E-state index contributed by atoms with van der Waals surface area (Å²) in [6.07, 6.45) is 0.393. The minimum absolute atomic E-state index is 0.100. The van der Waals surface area contributed by atoms with Gasteiger partial charge in [0.1, 0.15) is 0 Å². The molecule has 15 heavy (non-hydrogen) atoms. The van der Waals surface area contributed by atoms with Gasteiger partial charge < -0.3 is 10.6 Å². The van der Waals surface area contributed by atoms with Crippen LogP contribution in [-0.2, 0) is 4.79 Å². The third-order valence-corrected chi connectivity index (χ3v) is 2.83. The molecule has 0 aromatic heterocycles. The Hall–Kier alpha value is -0.570. The predicted octanol–water partition coefficient (Wildman–Crippen LogP) is 2.01. The van der Waals surface area contributed by atoms with Crippen LogP contribution in [0, 0.1) is 5.41 Å². The van der Waals surface area contributed by atoms with Crippen LogP contribution in [0.1, 0.15) is 48.0 Å². The molecule has 1 unspecified atom stereocenters. The van der Waals surface area contributed by atoms with E-state index in [0.717, 1.165) is 0 Å². The van der Waals surface area contributed by atoms with Crippen molar-refractivity contribution in [3.05, 3.63) is 0 Å². The van der Waals surface area contributed by atoms with Crippen LogP contribution >= 0.6 is 0 Å². The SMILES string of the molecule is CC(N(C)C(=O)CC(C)(C)N)C(C)(C)C. The van der Waals surface area contributed by atoms with E-state index in [1.54, 1.807) is 4.90 Å². The Morgan fingerprint density at radius 1 is 1.27 bits per heavy atom. The first kappa shape index (κ1) is 14.4. The van der Waals surface area contributed by atoms with Crippen molar-refractivity contribution in [2.75, 3.05) is 7.05 Å². The molecule has 0 heterocycles. The van der Waals surface area contributed by atoms with Gasteiger partial charge in [0.25, 0.3) is 0 Å². The smallest absolute Gasteiger partial charge is 0.224 e. The average molecular weight is 214 g/mol. The van der Waals surface area contributed by atoms with Gasteiger partial charge in [0, 0.05) is 25.0 Å². The minimum Gasteiger partial charge on any atom is -0.342 e. The molecule has 0 rings (SSSR count). The Kier molecular flexibility index (Phi) is 4.35. The molecule has 0 fully saturated rings. The van der Waals surface area contributed by atoms with Gasteiger partial charge >= 0.3 is 0 Å². The van der Waals surface area contributed by atoms with Crippen molar-refractivity contribution < 1.29 is 4.79 Å². The van der Waals surface area contributed by atoms with E-state index in [9.17, 15) is 4.79 Å². The standard InChI is InChI=1S/C12H26N2O/c1-9(11(2,3)4)14(7)10(15)8-12(5,6)13/h9H,8,13H2,1-7H3. The lowest BCUT2D eigenvalue weighted by molar-refractivity contribution is -0.134. The fourth-order valence-electron chi connectivity index (χ4n) is 1.31. The molecule has 1 atom stereocenters. The maximum Gasteiger partial charge on any atom is 0.224 e. The molecule has 0 aliphatic carbocycles. The highest BCUT2D eigenvalue weighted by Gasteiger charge is 2.28.